The molecule has 27 heteroatoms. The molecule has 0 aromatic heterocycles. The van der Waals surface area contributed by atoms with E-state index in [-0.39, 0.29) is 49.4 Å². The van der Waals surface area contributed by atoms with Gasteiger partial charge in [0.05, 0.1) is 64.5 Å². The Morgan fingerprint density at radius 3 is 1.77 bits per heavy atom. The van der Waals surface area contributed by atoms with Gasteiger partial charge < -0.3 is 19.7 Å². The Hall–Kier alpha value is -0.790. The molecule has 5 fully saturated rings. The minimum absolute atomic E-state index is 0.00916. The Labute approximate surface area is 343 Å². The van der Waals surface area contributed by atoms with Crippen molar-refractivity contribution in [3.8, 4) is 0 Å². The molecule has 57 heavy (non-hydrogen) atoms. The van der Waals surface area contributed by atoms with Crippen LogP contribution in [0.1, 0.15) is 70.6 Å². The van der Waals surface area contributed by atoms with E-state index in [0.717, 1.165) is 37.7 Å². The molecule has 15 atom stereocenters. The summed E-state index contributed by atoms with van der Waals surface area (Å²) in [6.07, 6.45) is -0.310. The number of ether oxygens (including phenoxy) is 2. The second-order valence-electron chi connectivity index (χ2n) is 15.2. The number of halogens is 1. The summed E-state index contributed by atoms with van der Waals surface area (Å²) in [5.41, 5.74) is 0. The van der Waals surface area contributed by atoms with Gasteiger partial charge >= 0.3 is 0 Å². The molecule has 0 radical (unpaired) electrons. The van der Waals surface area contributed by atoms with E-state index in [0.29, 0.717) is 24.9 Å². The molecular formula is C30H51ClN6O16S4. The quantitative estimate of drug-likeness (QED) is 0.0319. The van der Waals surface area contributed by atoms with Gasteiger partial charge in [-0.05, 0) is 63.7 Å². The van der Waals surface area contributed by atoms with E-state index in [4.69, 9.17) is 35.9 Å². The second kappa shape index (κ2) is 21.3. The monoisotopic (exact) mass is 914 g/mol. The number of alkyl halides is 1. The van der Waals surface area contributed by atoms with Gasteiger partial charge in [-0.3, -0.25) is 9.11 Å². The first kappa shape index (κ1) is 47.3. The molecule has 0 aromatic rings. The van der Waals surface area contributed by atoms with Gasteiger partial charge in [0, 0.05) is 62.3 Å². The van der Waals surface area contributed by atoms with E-state index >= 15 is 0 Å². The second-order valence-corrected chi connectivity index (χ2v) is 21.0. The van der Waals surface area contributed by atoms with Gasteiger partial charge in [-0.1, -0.05) is 10.1 Å². The smallest absolute Gasteiger partial charge is 0.270 e. The molecule has 5 saturated carbocycles. The fourth-order valence-corrected chi connectivity index (χ4v) is 12.4. The number of aliphatic hydroxyl groups excluding tert-OH is 2. The molecular weight excluding hydrogens is 864 g/mol. The van der Waals surface area contributed by atoms with Crippen LogP contribution in [0.15, 0.2) is 30.7 Å². The van der Waals surface area contributed by atoms with Crippen molar-refractivity contribution in [3.63, 3.8) is 0 Å². The van der Waals surface area contributed by atoms with Gasteiger partial charge in [0.1, 0.15) is 17.3 Å². The summed E-state index contributed by atoms with van der Waals surface area (Å²) in [7, 11) is -6.19. The van der Waals surface area contributed by atoms with Gasteiger partial charge in [0.25, 0.3) is 20.2 Å². The zero-order valence-corrected chi connectivity index (χ0v) is 35.1. The summed E-state index contributed by atoms with van der Waals surface area (Å²) in [6.45, 7) is 0. The normalized spacial score (nSPS) is 42.5. The van der Waals surface area contributed by atoms with Crippen molar-refractivity contribution in [1.29, 1.82) is 0 Å². The fraction of sp³-hybridized carbons (Fsp3) is 1.00. The molecule has 0 aliphatic heterocycles. The molecule has 0 heterocycles. The van der Waals surface area contributed by atoms with Gasteiger partial charge in [-0.2, -0.15) is 47.5 Å². The highest BCUT2D eigenvalue weighted by molar-refractivity contribution is 7.95. The maximum atomic E-state index is 12.7. The molecule has 0 spiro atoms. The van der Waals surface area contributed by atoms with Crippen LogP contribution >= 0.6 is 35.7 Å². The Morgan fingerprint density at radius 2 is 1.19 bits per heavy atom. The Bertz CT molecular complexity index is 1600. The first-order chi connectivity index (χ1) is 27.1. The lowest BCUT2D eigenvalue weighted by Crippen LogP contribution is -2.61. The van der Waals surface area contributed by atoms with Crippen LogP contribution in [0.2, 0.25) is 0 Å². The molecule has 5 aliphatic carbocycles. The van der Waals surface area contributed by atoms with Crippen molar-refractivity contribution >= 4 is 55.9 Å². The Balaban J connectivity index is 1.32. The predicted octanol–water partition coefficient (Wildman–Crippen LogP) is 3.89. The minimum Gasteiger partial charge on any atom is -0.390 e. The molecule has 0 bridgehead atoms. The molecule has 6 N–H and O–H groups in total. The maximum Gasteiger partial charge on any atom is 0.270 e. The lowest BCUT2D eigenvalue weighted by atomic mass is 9.65. The number of fused-ring (bicyclic) bond motifs is 1. The van der Waals surface area contributed by atoms with E-state index in [2.05, 4.69) is 45.1 Å². The van der Waals surface area contributed by atoms with Crippen LogP contribution in [0.5, 0.6) is 0 Å². The van der Waals surface area contributed by atoms with Crippen LogP contribution in [0.3, 0.4) is 0 Å². The van der Waals surface area contributed by atoms with Crippen LogP contribution in [-0.4, -0.2) is 148 Å². The first-order valence-corrected chi connectivity index (χ1v) is 23.6. The number of rotatable bonds is 16. The fourth-order valence-electron chi connectivity index (χ4n) is 8.83. The molecule has 0 aromatic carbocycles. The van der Waals surface area contributed by atoms with Crippen LogP contribution in [-0.2, 0) is 48.5 Å². The lowest BCUT2D eigenvalue weighted by Gasteiger charge is -2.49. The molecule has 5 aliphatic rings. The van der Waals surface area contributed by atoms with Crippen LogP contribution in [0, 0.1) is 11.8 Å². The topological polar surface area (TPSA) is 319 Å². The van der Waals surface area contributed by atoms with Gasteiger partial charge in [-0.15, -0.1) is 20.3 Å². The third-order valence-corrected chi connectivity index (χ3v) is 16.6. The predicted molar refractivity (Wildman–Crippen MR) is 201 cm³/mol. The van der Waals surface area contributed by atoms with E-state index in [1.807, 2.05) is 0 Å². The highest BCUT2D eigenvalue weighted by Crippen LogP contribution is 2.48. The summed E-state index contributed by atoms with van der Waals surface area (Å²) in [6, 6.07) is -4.53. The molecule has 0 saturated heterocycles. The number of nitrogens with zero attached hydrogens (tertiary/aromatic N) is 6. The SMILES string of the molecule is COC1CC(N=NC2C(SOOO)CC3CC(S(=O)(=O)O)C(N=NC4CC(S(=O)(=O)O)CCC4Cl)C(O)C3C2O)C(OC)CC1N=NC1CCC(SOOO)CC1. The zero-order chi connectivity index (χ0) is 41.5. The summed E-state index contributed by atoms with van der Waals surface area (Å²) in [5.74, 6) is -1.79. The largest absolute Gasteiger partial charge is 0.390 e. The van der Waals surface area contributed by atoms with Crippen LogP contribution < -0.4 is 0 Å². The minimum atomic E-state index is -4.85. The average Bonchev–Trinajstić information content (AvgIpc) is 3.17. The summed E-state index contributed by atoms with van der Waals surface area (Å²) in [4.78, 5) is 0. The van der Waals surface area contributed by atoms with Crippen molar-refractivity contribution in [2.45, 2.75) is 158 Å². The van der Waals surface area contributed by atoms with E-state index in [1.54, 1.807) is 7.11 Å². The zero-order valence-electron chi connectivity index (χ0n) is 31.1. The van der Waals surface area contributed by atoms with Crippen molar-refractivity contribution in [2.75, 3.05) is 14.2 Å². The first-order valence-electron chi connectivity index (χ1n) is 18.5. The third-order valence-electron chi connectivity index (χ3n) is 11.9. The van der Waals surface area contributed by atoms with Gasteiger partial charge in [0.15, 0.2) is 0 Å². The highest BCUT2D eigenvalue weighted by Gasteiger charge is 2.57. The third kappa shape index (κ3) is 12.2. The van der Waals surface area contributed by atoms with Crippen LogP contribution in [0.25, 0.3) is 0 Å². The number of aliphatic hydroxyl groups is 2. The molecule has 5 rings (SSSR count). The number of hydrogen-bond donors (Lipinski definition) is 6. The molecule has 328 valence electrons. The van der Waals surface area contributed by atoms with Gasteiger partial charge in [-0.25, -0.2) is 10.5 Å². The van der Waals surface area contributed by atoms with Crippen molar-refractivity contribution in [3.05, 3.63) is 0 Å². The van der Waals surface area contributed by atoms with Crippen LogP contribution in [0.4, 0.5) is 0 Å². The Kier molecular flexibility index (Phi) is 17.7. The maximum absolute atomic E-state index is 12.7. The highest BCUT2D eigenvalue weighted by atomic mass is 35.5. The van der Waals surface area contributed by atoms with E-state index in [9.17, 15) is 36.2 Å². The lowest BCUT2D eigenvalue weighted by molar-refractivity contribution is -0.432. The van der Waals surface area contributed by atoms with Crippen molar-refractivity contribution in [1.82, 2.24) is 0 Å². The molecule has 0 amide bonds. The summed E-state index contributed by atoms with van der Waals surface area (Å²) in [5, 5.41) is 70.8. The Morgan fingerprint density at radius 1 is 0.632 bits per heavy atom. The molecule has 22 nitrogen and oxygen atoms in total. The summed E-state index contributed by atoms with van der Waals surface area (Å²) >= 11 is 8.08. The van der Waals surface area contributed by atoms with E-state index < -0.39 is 102 Å². The standard InChI is InChI=1S/C30H51ClN6O16S4/c1-48-22-13-21(23(49-2)12-20(22)34-32-15-3-5-16(6-4-15)54-52-50-40)35-36-27-24(55-53-51-41)9-14-10-25(57(45,46)47)28(30(39)26(14)29(27)38)37-33-19-11-17(56(42,43)44)7-8-18(19)31/h14-30,38-41H,3-13H2,1-2H3,(H,42,43,44)(H,45,46,47). The van der Waals surface area contributed by atoms with Gasteiger partial charge in [0.2, 0.25) is 0 Å². The number of azo groups is 3. The van der Waals surface area contributed by atoms with E-state index in [1.165, 1.54) is 7.11 Å². The van der Waals surface area contributed by atoms with Crippen molar-refractivity contribution < 1.29 is 74.9 Å². The summed E-state index contributed by atoms with van der Waals surface area (Å²) < 4.78 is 89.7. The number of methoxy groups -OCH3 is 2. The number of hydrogen-bond acceptors (Lipinski definition) is 22. The van der Waals surface area contributed by atoms with Crippen molar-refractivity contribution in [2.24, 2.45) is 42.5 Å². The average molecular weight is 915 g/mol. The molecule has 15 unspecified atom stereocenters.